The predicted molar refractivity (Wildman–Crippen MR) is 49.0 cm³/mol. The number of nitrogens with two attached hydrogens (primary N) is 1. The minimum absolute atomic E-state index is 0.216. The molecule has 1 aromatic heterocycles. The molecule has 1 heterocycles. The summed E-state index contributed by atoms with van der Waals surface area (Å²) in [5, 5.41) is 0. The van der Waals surface area contributed by atoms with Crippen molar-refractivity contribution in [1.82, 2.24) is 4.98 Å². The van der Waals surface area contributed by atoms with Gasteiger partial charge in [-0.25, -0.2) is 4.39 Å². The Morgan fingerprint density at radius 3 is 2.92 bits per heavy atom. The van der Waals surface area contributed by atoms with Crippen LogP contribution in [0.5, 0.6) is 0 Å². The Bertz CT molecular complexity index is 301. The molecule has 0 bridgehead atoms. The minimum atomic E-state index is -0.543. The van der Waals surface area contributed by atoms with Crippen LogP contribution < -0.4 is 5.73 Å². The monoisotopic (exact) mass is 230 g/mol. The van der Waals surface area contributed by atoms with E-state index in [0.717, 1.165) is 0 Å². The van der Waals surface area contributed by atoms with Crippen molar-refractivity contribution in [3.8, 4) is 0 Å². The summed E-state index contributed by atoms with van der Waals surface area (Å²) < 4.78 is 13.7. The van der Waals surface area contributed by atoms with E-state index in [4.69, 9.17) is 5.73 Å². The Labute approximate surface area is 78.4 Å². The lowest BCUT2D eigenvalue weighted by atomic mass is 10.2. The van der Waals surface area contributed by atoms with Crippen LogP contribution in [0.4, 0.5) is 4.39 Å². The van der Waals surface area contributed by atoms with Crippen molar-refractivity contribution in [2.24, 2.45) is 5.73 Å². The standard InChI is InChI=1S/C8H8BrFN2/c1-2-7(11)8-6(10)3-5(9)4-12-8/h2-4,7H,1,11H2. The van der Waals surface area contributed by atoms with Crippen LogP contribution in [0, 0.1) is 5.82 Å². The van der Waals surface area contributed by atoms with E-state index in [1.54, 1.807) is 0 Å². The van der Waals surface area contributed by atoms with E-state index in [0.29, 0.717) is 4.47 Å². The lowest BCUT2D eigenvalue weighted by molar-refractivity contribution is 0.588. The maximum absolute atomic E-state index is 13.1. The fraction of sp³-hybridized carbons (Fsp3) is 0.125. The average Bonchev–Trinajstić information content (AvgIpc) is 2.03. The maximum Gasteiger partial charge on any atom is 0.147 e. The molecule has 0 fully saturated rings. The number of rotatable bonds is 2. The van der Waals surface area contributed by atoms with E-state index < -0.39 is 11.9 Å². The first-order chi connectivity index (χ1) is 5.65. The minimum Gasteiger partial charge on any atom is -0.319 e. The Morgan fingerprint density at radius 2 is 2.42 bits per heavy atom. The molecule has 0 saturated heterocycles. The summed E-state index contributed by atoms with van der Waals surface area (Å²) in [6.07, 6.45) is 2.95. The van der Waals surface area contributed by atoms with Gasteiger partial charge >= 0.3 is 0 Å². The van der Waals surface area contributed by atoms with Gasteiger partial charge < -0.3 is 5.73 Å². The van der Waals surface area contributed by atoms with Crippen molar-refractivity contribution < 1.29 is 4.39 Å². The van der Waals surface area contributed by atoms with Crippen molar-refractivity contribution in [2.45, 2.75) is 6.04 Å². The molecule has 0 aliphatic rings. The molecule has 0 aliphatic heterocycles. The molecular formula is C8H8BrFN2. The summed E-state index contributed by atoms with van der Waals surface area (Å²) in [6, 6.07) is 0.782. The van der Waals surface area contributed by atoms with Gasteiger partial charge in [-0.3, -0.25) is 4.98 Å². The van der Waals surface area contributed by atoms with Crippen LogP contribution in [0.1, 0.15) is 11.7 Å². The number of aromatic nitrogens is 1. The second kappa shape index (κ2) is 3.78. The Hall–Kier alpha value is -0.740. The van der Waals surface area contributed by atoms with Gasteiger partial charge in [0.25, 0.3) is 0 Å². The molecule has 1 atom stereocenters. The highest BCUT2D eigenvalue weighted by atomic mass is 79.9. The number of hydrogen-bond donors (Lipinski definition) is 1. The summed E-state index contributed by atoms with van der Waals surface area (Å²) >= 11 is 3.10. The summed E-state index contributed by atoms with van der Waals surface area (Å²) in [5.74, 6) is -0.420. The van der Waals surface area contributed by atoms with Crippen LogP contribution in [0.15, 0.2) is 29.4 Å². The van der Waals surface area contributed by atoms with Gasteiger partial charge in [-0.15, -0.1) is 6.58 Å². The molecule has 0 spiro atoms. The third kappa shape index (κ3) is 1.89. The van der Waals surface area contributed by atoms with Gasteiger partial charge in [0.15, 0.2) is 0 Å². The Kier molecular flexibility index (Phi) is 2.94. The van der Waals surface area contributed by atoms with Gasteiger partial charge in [-0.2, -0.15) is 0 Å². The summed E-state index contributed by atoms with van der Waals surface area (Å²) in [4.78, 5) is 3.83. The highest BCUT2D eigenvalue weighted by Crippen LogP contribution is 2.16. The largest absolute Gasteiger partial charge is 0.319 e. The van der Waals surface area contributed by atoms with Gasteiger partial charge in [0.05, 0.1) is 11.7 Å². The maximum atomic E-state index is 13.1. The third-order valence-electron chi connectivity index (χ3n) is 1.41. The van der Waals surface area contributed by atoms with Crippen LogP contribution >= 0.6 is 15.9 Å². The van der Waals surface area contributed by atoms with E-state index in [2.05, 4.69) is 27.5 Å². The first kappa shape index (κ1) is 9.35. The zero-order valence-corrected chi connectivity index (χ0v) is 7.88. The van der Waals surface area contributed by atoms with Crippen molar-refractivity contribution >= 4 is 15.9 Å². The van der Waals surface area contributed by atoms with Crippen LogP contribution in [0.2, 0.25) is 0 Å². The molecule has 1 aromatic rings. The normalized spacial score (nSPS) is 12.6. The number of halogens is 2. The molecule has 12 heavy (non-hydrogen) atoms. The fourth-order valence-electron chi connectivity index (χ4n) is 0.782. The smallest absolute Gasteiger partial charge is 0.147 e. The second-order valence-electron chi connectivity index (χ2n) is 2.28. The van der Waals surface area contributed by atoms with Gasteiger partial charge in [0.1, 0.15) is 5.82 Å². The molecule has 2 N–H and O–H groups in total. The Balaban J connectivity index is 3.09. The van der Waals surface area contributed by atoms with Crippen LogP contribution in [0.25, 0.3) is 0 Å². The number of pyridine rings is 1. The predicted octanol–water partition coefficient (Wildman–Crippen LogP) is 2.17. The van der Waals surface area contributed by atoms with Gasteiger partial charge in [-0.1, -0.05) is 6.08 Å². The summed E-state index contributed by atoms with van der Waals surface area (Å²) in [5.41, 5.74) is 5.73. The average molecular weight is 231 g/mol. The molecule has 1 unspecified atom stereocenters. The SMILES string of the molecule is C=CC(N)c1ncc(Br)cc1F. The highest BCUT2D eigenvalue weighted by Gasteiger charge is 2.09. The fourth-order valence-corrected chi connectivity index (χ4v) is 1.09. The molecule has 1 rings (SSSR count). The molecule has 0 saturated carbocycles. The van der Waals surface area contributed by atoms with Gasteiger partial charge in [0.2, 0.25) is 0 Å². The zero-order chi connectivity index (χ0) is 9.14. The van der Waals surface area contributed by atoms with Crippen molar-refractivity contribution in [3.05, 3.63) is 40.9 Å². The third-order valence-corrected chi connectivity index (χ3v) is 1.84. The van der Waals surface area contributed by atoms with Crippen molar-refractivity contribution in [2.75, 3.05) is 0 Å². The quantitative estimate of drug-likeness (QED) is 0.792. The summed E-state index contributed by atoms with van der Waals surface area (Å²) in [7, 11) is 0. The lowest BCUT2D eigenvalue weighted by Gasteiger charge is -2.05. The molecular weight excluding hydrogens is 223 g/mol. The van der Waals surface area contributed by atoms with Gasteiger partial charge in [0, 0.05) is 10.7 Å². The highest BCUT2D eigenvalue weighted by molar-refractivity contribution is 9.10. The van der Waals surface area contributed by atoms with Crippen LogP contribution in [-0.2, 0) is 0 Å². The number of hydrogen-bond acceptors (Lipinski definition) is 2. The van der Waals surface area contributed by atoms with E-state index in [9.17, 15) is 4.39 Å². The first-order valence-corrected chi connectivity index (χ1v) is 4.13. The Morgan fingerprint density at radius 1 is 1.75 bits per heavy atom. The van der Waals surface area contributed by atoms with E-state index >= 15 is 0 Å². The molecule has 0 amide bonds. The van der Waals surface area contributed by atoms with Crippen LogP contribution in [-0.4, -0.2) is 4.98 Å². The first-order valence-electron chi connectivity index (χ1n) is 3.34. The molecule has 64 valence electrons. The van der Waals surface area contributed by atoms with Crippen LogP contribution in [0.3, 0.4) is 0 Å². The molecule has 4 heteroatoms. The zero-order valence-electron chi connectivity index (χ0n) is 6.30. The van der Waals surface area contributed by atoms with Crippen molar-refractivity contribution in [1.29, 1.82) is 0 Å². The molecule has 2 nitrogen and oxygen atoms in total. The van der Waals surface area contributed by atoms with E-state index in [1.807, 2.05) is 0 Å². The second-order valence-corrected chi connectivity index (χ2v) is 3.20. The molecule has 0 aromatic carbocycles. The van der Waals surface area contributed by atoms with Crippen molar-refractivity contribution in [3.63, 3.8) is 0 Å². The lowest BCUT2D eigenvalue weighted by Crippen LogP contribution is -2.10. The molecule has 0 aliphatic carbocycles. The molecule has 0 radical (unpaired) electrons. The summed E-state index contributed by atoms with van der Waals surface area (Å²) in [6.45, 7) is 3.46. The topological polar surface area (TPSA) is 38.9 Å². The number of nitrogens with zero attached hydrogens (tertiary/aromatic N) is 1. The van der Waals surface area contributed by atoms with Gasteiger partial charge in [-0.05, 0) is 22.0 Å². The van der Waals surface area contributed by atoms with E-state index in [1.165, 1.54) is 18.3 Å². The van der Waals surface area contributed by atoms with E-state index in [-0.39, 0.29) is 5.69 Å².